The maximum absolute atomic E-state index is 12.1. The summed E-state index contributed by atoms with van der Waals surface area (Å²) in [5.74, 6) is 0.496. The quantitative estimate of drug-likeness (QED) is 0.754. The average molecular weight is 243 g/mol. The Hall–Kier alpha value is -0.450. The third kappa shape index (κ3) is 4.05. The molecule has 4 heteroatoms. The van der Waals surface area contributed by atoms with E-state index in [4.69, 9.17) is 4.74 Å². The monoisotopic (exact) mass is 243 g/mol. The topological polar surface area (TPSA) is 49.8 Å². The van der Waals surface area contributed by atoms with Gasteiger partial charge in [0.15, 0.2) is 0 Å². The highest BCUT2D eigenvalue weighted by molar-refractivity contribution is 5.88. The van der Waals surface area contributed by atoms with Gasteiger partial charge in [-0.15, -0.1) is 0 Å². The van der Waals surface area contributed by atoms with Gasteiger partial charge >= 0.3 is 0 Å². The average Bonchev–Trinajstić information content (AvgIpc) is 2.45. The normalized spacial score (nSPS) is 25.5. The van der Waals surface area contributed by atoms with Crippen LogP contribution in [-0.2, 0) is 9.53 Å². The molecule has 0 heterocycles. The largest absolute Gasteiger partial charge is 0.389 e. The Balaban J connectivity index is 2.37. The third-order valence-electron chi connectivity index (χ3n) is 3.57. The van der Waals surface area contributed by atoms with Gasteiger partial charge in [0.05, 0.1) is 12.7 Å². The summed E-state index contributed by atoms with van der Waals surface area (Å²) in [4.78, 5) is 14.1. The second-order valence-electron chi connectivity index (χ2n) is 5.81. The first-order valence-electron chi connectivity index (χ1n) is 6.26. The van der Waals surface area contributed by atoms with E-state index in [9.17, 15) is 9.90 Å². The number of ketones is 1. The van der Waals surface area contributed by atoms with E-state index in [1.807, 2.05) is 25.8 Å². The fourth-order valence-electron chi connectivity index (χ4n) is 2.57. The Morgan fingerprint density at radius 1 is 1.59 bits per heavy atom. The molecule has 2 unspecified atom stereocenters. The minimum Gasteiger partial charge on any atom is -0.389 e. The van der Waals surface area contributed by atoms with Crippen molar-refractivity contribution in [3.63, 3.8) is 0 Å². The Kier molecular flexibility index (Phi) is 5.10. The summed E-state index contributed by atoms with van der Waals surface area (Å²) < 4.78 is 4.89. The van der Waals surface area contributed by atoms with Crippen LogP contribution in [0.1, 0.15) is 26.7 Å². The summed E-state index contributed by atoms with van der Waals surface area (Å²) in [6.07, 6.45) is 1.47. The van der Waals surface area contributed by atoms with E-state index < -0.39 is 6.10 Å². The van der Waals surface area contributed by atoms with Gasteiger partial charge in [-0.2, -0.15) is 0 Å². The molecule has 2 atom stereocenters. The van der Waals surface area contributed by atoms with Gasteiger partial charge in [0.25, 0.3) is 0 Å². The van der Waals surface area contributed by atoms with Gasteiger partial charge in [-0.1, -0.05) is 13.8 Å². The summed E-state index contributed by atoms with van der Waals surface area (Å²) in [7, 11) is 3.52. The molecule has 0 spiro atoms. The predicted molar refractivity (Wildman–Crippen MR) is 66.9 cm³/mol. The zero-order valence-corrected chi connectivity index (χ0v) is 11.4. The molecular weight excluding hydrogens is 218 g/mol. The molecule has 0 radical (unpaired) electrons. The van der Waals surface area contributed by atoms with Crippen molar-refractivity contribution in [2.24, 2.45) is 11.3 Å². The molecule has 1 N–H and O–H groups in total. The molecule has 0 aromatic heterocycles. The maximum atomic E-state index is 12.1. The molecule has 1 saturated carbocycles. The number of Topliss-reactive ketones (excluding diaryl/α,β-unsaturated/α-hetero) is 1. The molecule has 1 aliphatic carbocycles. The second-order valence-corrected chi connectivity index (χ2v) is 5.81. The Bertz CT molecular complexity index is 265. The fraction of sp³-hybridized carbons (Fsp3) is 0.923. The molecule has 1 fully saturated rings. The van der Waals surface area contributed by atoms with Gasteiger partial charge in [0, 0.05) is 31.5 Å². The zero-order chi connectivity index (χ0) is 13.1. The van der Waals surface area contributed by atoms with Crippen LogP contribution in [0.4, 0.5) is 0 Å². The minimum atomic E-state index is -0.477. The third-order valence-corrected chi connectivity index (χ3v) is 3.57. The first kappa shape index (κ1) is 14.6. The lowest BCUT2D eigenvalue weighted by atomic mass is 9.89. The van der Waals surface area contributed by atoms with Gasteiger partial charge in [-0.3, -0.25) is 4.79 Å². The Morgan fingerprint density at radius 2 is 2.24 bits per heavy atom. The molecule has 0 bridgehead atoms. The first-order chi connectivity index (χ1) is 7.86. The zero-order valence-electron chi connectivity index (χ0n) is 11.4. The molecule has 0 aromatic carbocycles. The number of hydrogen-bond acceptors (Lipinski definition) is 4. The number of carbonyl (C=O) groups is 1. The number of aliphatic hydroxyl groups is 1. The van der Waals surface area contributed by atoms with E-state index >= 15 is 0 Å². The van der Waals surface area contributed by atoms with E-state index in [1.165, 1.54) is 0 Å². The molecule has 1 rings (SSSR count). The minimum absolute atomic E-state index is 0.129. The molecule has 17 heavy (non-hydrogen) atoms. The van der Waals surface area contributed by atoms with E-state index in [0.717, 1.165) is 19.4 Å². The molecule has 0 aliphatic heterocycles. The lowest BCUT2D eigenvalue weighted by molar-refractivity contribution is -0.128. The number of rotatable bonds is 6. The van der Waals surface area contributed by atoms with Crippen LogP contribution in [0.2, 0.25) is 0 Å². The number of ether oxygens (including phenoxy) is 1. The SMILES string of the molecule is COCC(O)CN(C)CC1CCC(C)(C)C1=O. The molecule has 100 valence electrons. The summed E-state index contributed by atoms with van der Waals surface area (Å²) in [6, 6.07) is 0. The van der Waals surface area contributed by atoms with Crippen LogP contribution in [0, 0.1) is 11.3 Å². The van der Waals surface area contributed by atoms with Crippen molar-refractivity contribution < 1.29 is 14.6 Å². The lowest BCUT2D eigenvalue weighted by Gasteiger charge is -2.23. The van der Waals surface area contributed by atoms with Gasteiger partial charge in [-0.25, -0.2) is 0 Å². The number of hydrogen-bond donors (Lipinski definition) is 1. The smallest absolute Gasteiger partial charge is 0.142 e. The van der Waals surface area contributed by atoms with Crippen LogP contribution >= 0.6 is 0 Å². The van der Waals surface area contributed by atoms with Crippen LogP contribution in [0.3, 0.4) is 0 Å². The van der Waals surface area contributed by atoms with Crippen LogP contribution in [0.15, 0.2) is 0 Å². The molecule has 0 saturated heterocycles. The van der Waals surface area contributed by atoms with E-state index in [0.29, 0.717) is 18.9 Å². The van der Waals surface area contributed by atoms with Gasteiger partial charge in [-0.05, 0) is 19.9 Å². The number of aliphatic hydroxyl groups excluding tert-OH is 1. The van der Waals surface area contributed by atoms with Crippen molar-refractivity contribution in [2.45, 2.75) is 32.8 Å². The molecule has 1 aliphatic rings. The summed E-state index contributed by atoms with van der Waals surface area (Å²) in [5, 5.41) is 9.61. The second kappa shape index (κ2) is 5.94. The Morgan fingerprint density at radius 3 is 2.71 bits per heavy atom. The van der Waals surface area contributed by atoms with Crippen molar-refractivity contribution >= 4 is 5.78 Å². The van der Waals surface area contributed by atoms with E-state index in [1.54, 1.807) is 7.11 Å². The van der Waals surface area contributed by atoms with Crippen molar-refractivity contribution in [3.8, 4) is 0 Å². The van der Waals surface area contributed by atoms with Crippen molar-refractivity contribution in [3.05, 3.63) is 0 Å². The van der Waals surface area contributed by atoms with Crippen LogP contribution < -0.4 is 0 Å². The summed E-state index contributed by atoms with van der Waals surface area (Å²) in [6.45, 7) is 5.68. The highest BCUT2D eigenvalue weighted by Gasteiger charge is 2.40. The molecule has 4 nitrogen and oxygen atoms in total. The Labute approximate surface area is 104 Å². The number of carbonyl (C=O) groups excluding carboxylic acids is 1. The molecule has 0 aromatic rings. The summed E-state index contributed by atoms with van der Waals surface area (Å²) >= 11 is 0. The van der Waals surface area contributed by atoms with E-state index in [2.05, 4.69) is 0 Å². The van der Waals surface area contributed by atoms with Crippen molar-refractivity contribution in [2.75, 3.05) is 33.9 Å². The number of nitrogens with zero attached hydrogens (tertiary/aromatic N) is 1. The fourth-order valence-corrected chi connectivity index (χ4v) is 2.57. The van der Waals surface area contributed by atoms with Gasteiger partial charge in [0.2, 0.25) is 0 Å². The number of methoxy groups -OCH3 is 1. The van der Waals surface area contributed by atoms with E-state index in [-0.39, 0.29) is 11.3 Å². The summed E-state index contributed by atoms with van der Waals surface area (Å²) in [5.41, 5.74) is -0.156. The first-order valence-corrected chi connectivity index (χ1v) is 6.26. The lowest BCUT2D eigenvalue weighted by Crippen LogP contribution is -2.37. The van der Waals surface area contributed by atoms with Crippen molar-refractivity contribution in [1.29, 1.82) is 0 Å². The maximum Gasteiger partial charge on any atom is 0.142 e. The van der Waals surface area contributed by atoms with Crippen LogP contribution in [-0.4, -0.2) is 55.7 Å². The van der Waals surface area contributed by atoms with Gasteiger partial charge in [0.1, 0.15) is 5.78 Å². The van der Waals surface area contributed by atoms with Crippen molar-refractivity contribution in [1.82, 2.24) is 4.90 Å². The van der Waals surface area contributed by atoms with Crippen LogP contribution in [0.25, 0.3) is 0 Å². The molecular formula is C13H25NO3. The predicted octanol–water partition coefficient (Wildman–Crippen LogP) is 0.931. The number of likely N-dealkylation sites (N-methyl/N-ethyl adjacent to an activating group) is 1. The van der Waals surface area contributed by atoms with Crippen LogP contribution in [0.5, 0.6) is 0 Å². The molecule has 0 amide bonds. The highest BCUT2D eigenvalue weighted by Crippen LogP contribution is 2.37. The highest BCUT2D eigenvalue weighted by atomic mass is 16.5. The van der Waals surface area contributed by atoms with Gasteiger partial charge < -0.3 is 14.7 Å². The standard InChI is InChI=1S/C13H25NO3/c1-13(2)6-5-10(12(13)16)7-14(3)8-11(15)9-17-4/h10-11,15H,5-9H2,1-4H3.